The van der Waals surface area contributed by atoms with Crippen LogP contribution in [0.25, 0.3) is 21.8 Å². The van der Waals surface area contributed by atoms with Crippen LogP contribution in [0.3, 0.4) is 0 Å². The fourth-order valence-corrected chi connectivity index (χ4v) is 4.21. The summed E-state index contributed by atoms with van der Waals surface area (Å²) in [7, 11) is 3.07. The highest BCUT2D eigenvalue weighted by Crippen LogP contribution is 2.30. The first-order chi connectivity index (χ1) is 15.6. The molecule has 0 fully saturated rings. The third kappa shape index (κ3) is 4.65. The number of aromatic nitrogens is 1. The van der Waals surface area contributed by atoms with E-state index in [1.807, 2.05) is 24.3 Å². The molecule has 0 aliphatic carbocycles. The summed E-state index contributed by atoms with van der Waals surface area (Å²) in [6, 6.07) is 21.7. The van der Waals surface area contributed by atoms with E-state index in [-0.39, 0.29) is 5.91 Å². The molecule has 0 spiro atoms. The molecule has 0 aliphatic rings. The monoisotopic (exact) mass is 444 g/mol. The number of benzene rings is 3. The number of nitrogens with one attached hydrogen (secondary N) is 1. The van der Waals surface area contributed by atoms with E-state index in [9.17, 15) is 4.79 Å². The lowest BCUT2D eigenvalue weighted by atomic mass is 10.1. The first-order valence-corrected chi connectivity index (χ1v) is 11.1. The van der Waals surface area contributed by atoms with Crippen LogP contribution in [-0.2, 0) is 6.54 Å². The molecular weight excluding hydrogens is 420 g/mol. The van der Waals surface area contributed by atoms with Gasteiger partial charge in [-0.25, -0.2) is 4.98 Å². The van der Waals surface area contributed by atoms with E-state index in [2.05, 4.69) is 41.9 Å². The lowest BCUT2D eigenvalue weighted by molar-refractivity contribution is 0.0944. The summed E-state index contributed by atoms with van der Waals surface area (Å²) in [6.45, 7) is 2.47. The minimum atomic E-state index is -0.244. The Kier molecular flexibility index (Phi) is 6.52. The van der Waals surface area contributed by atoms with Crippen LogP contribution < -0.4 is 14.8 Å². The molecule has 0 unspecified atom stereocenters. The van der Waals surface area contributed by atoms with Crippen molar-refractivity contribution in [1.82, 2.24) is 10.3 Å². The molecule has 0 saturated carbocycles. The molecule has 1 amide bonds. The van der Waals surface area contributed by atoms with Gasteiger partial charge in [0.1, 0.15) is 22.1 Å². The van der Waals surface area contributed by atoms with E-state index < -0.39 is 0 Å². The molecule has 1 N–H and O–H groups in total. The van der Waals surface area contributed by atoms with Crippen molar-refractivity contribution < 1.29 is 14.3 Å². The molecule has 4 rings (SSSR count). The third-order valence-electron chi connectivity index (χ3n) is 5.16. The Morgan fingerprint density at radius 2 is 1.53 bits per heavy atom. The normalized spacial score (nSPS) is 10.6. The molecule has 0 saturated heterocycles. The second kappa shape index (κ2) is 9.66. The van der Waals surface area contributed by atoms with Crippen molar-refractivity contribution in [2.45, 2.75) is 13.5 Å². The van der Waals surface area contributed by atoms with E-state index in [1.54, 1.807) is 29.5 Å². The van der Waals surface area contributed by atoms with Crippen molar-refractivity contribution in [2.75, 3.05) is 14.2 Å². The summed E-state index contributed by atoms with van der Waals surface area (Å²) in [4.78, 5) is 17.5. The highest BCUT2D eigenvalue weighted by atomic mass is 32.1. The Hall–Kier alpha value is -3.64. The van der Waals surface area contributed by atoms with Crippen LogP contribution in [0.4, 0.5) is 0 Å². The summed E-state index contributed by atoms with van der Waals surface area (Å²) >= 11 is 1.62. The first kappa shape index (κ1) is 21.6. The number of amides is 1. The van der Waals surface area contributed by atoms with Gasteiger partial charge < -0.3 is 14.8 Å². The highest BCUT2D eigenvalue weighted by molar-refractivity contribution is 7.13. The number of carbonyl (C=O) groups is 1. The van der Waals surface area contributed by atoms with Gasteiger partial charge in [0.05, 0.1) is 19.9 Å². The van der Waals surface area contributed by atoms with E-state index in [0.717, 1.165) is 27.4 Å². The fraction of sp³-hybridized carbons (Fsp3) is 0.154. The maximum atomic E-state index is 12.7. The number of aryl methyl sites for hydroxylation is 1. The van der Waals surface area contributed by atoms with Crippen molar-refractivity contribution in [3.63, 3.8) is 0 Å². The molecule has 6 heteroatoms. The predicted molar refractivity (Wildman–Crippen MR) is 128 cm³/mol. The standard InChI is InChI=1S/C26H24N2O3S/c1-17-7-11-19(12-8-17)21-16-32-26(28-21)20-13-9-18(10-14-20)15-27-25(29)24-22(30-2)5-4-6-23(24)31-3/h4-14,16H,15H2,1-3H3,(H,27,29). The van der Waals surface area contributed by atoms with E-state index in [1.165, 1.54) is 19.8 Å². The maximum absolute atomic E-state index is 12.7. The summed E-state index contributed by atoms with van der Waals surface area (Å²) in [5.74, 6) is 0.710. The second-order valence-corrected chi connectivity index (χ2v) is 8.18. The molecular formula is C26H24N2O3S. The zero-order valence-corrected chi connectivity index (χ0v) is 19.0. The van der Waals surface area contributed by atoms with Crippen LogP contribution in [0.1, 0.15) is 21.5 Å². The lowest BCUT2D eigenvalue weighted by Gasteiger charge is -2.13. The molecule has 32 heavy (non-hydrogen) atoms. The number of nitrogens with zero attached hydrogens (tertiary/aromatic N) is 1. The van der Waals surface area contributed by atoms with E-state index >= 15 is 0 Å². The van der Waals surface area contributed by atoms with Gasteiger partial charge in [0, 0.05) is 23.1 Å². The molecule has 0 bridgehead atoms. The lowest BCUT2D eigenvalue weighted by Crippen LogP contribution is -2.24. The molecule has 0 aliphatic heterocycles. The van der Waals surface area contributed by atoms with Crippen LogP contribution in [0, 0.1) is 6.92 Å². The number of carbonyl (C=O) groups excluding carboxylic acids is 1. The number of thiazole rings is 1. The largest absolute Gasteiger partial charge is 0.496 e. The van der Waals surface area contributed by atoms with Gasteiger partial charge in [-0.1, -0.05) is 60.2 Å². The van der Waals surface area contributed by atoms with Crippen molar-refractivity contribution >= 4 is 17.2 Å². The third-order valence-corrected chi connectivity index (χ3v) is 6.05. The Bertz CT molecular complexity index is 1190. The molecule has 0 atom stereocenters. The van der Waals surface area contributed by atoms with Gasteiger partial charge in [-0.15, -0.1) is 11.3 Å². The number of ether oxygens (including phenoxy) is 2. The maximum Gasteiger partial charge on any atom is 0.259 e. The number of methoxy groups -OCH3 is 2. The molecule has 1 heterocycles. The molecule has 4 aromatic rings. The van der Waals surface area contributed by atoms with Gasteiger partial charge >= 0.3 is 0 Å². The zero-order valence-electron chi connectivity index (χ0n) is 18.2. The van der Waals surface area contributed by atoms with E-state index in [4.69, 9.17) is 14.5 Å². The molecule has 3 aromatic carbocycles. The van der Waals surface area contributed by atoms with Crippen molar-refractivity contribution in [3.8, 4) is 33.3 Å². The van der Waals surface area contributed by atoms with Gasteiger partial charge in [-0.05, 0) is 24.6 Å². The summed E-state index contributed by atoms with van der Waals surface area (Å²) < 4.78 is 10.6. The van der Waals surface area contributed by atoms with Crippen LogP contribution in [0.15, 0.2) is 72.1 Å². The van der Waals surface area contributed by atoms with Gasteiger partial charge in [-0.3, -0.25) is 4.79 Å². The molecule has 1 aromatic heterocycles. The predicted octanol–water partition coefficient (Wildman–Crippen LogP) is 5.73. The Morgan fingerprint density at radius 3 is 2.16 bits per heavy atom. The molecule has 5 nitrogen and oxygen atoms in total. The topological polar surface area (TPSA) is 60.5 Å². The van der Waals surface area contributed by atoms with Gasteiger partial charge in [0.2, 0.25) is 0 Å². The van der Waals surface area contributed by atoms with Crippen molar-refractivity contribution in [1.29, 1.82) is 0 Å². The van der Waals surface area contributed by atoms with Crippen molar-refractivity contribution in [2.24, 2.45) is 0 Å². The SMILES string of the molecule is COc1cccc(OC)c1C(=O)NCc1ccc(-c2nc(-c3ccc(C)cc3)cs2)cc1. The Balaban J connectivity index is 1.44. The summed E-state index contributed by atoms with van der Waals surface area (Å²) in [5, 5.41) is 5.99. The number of hydrogen-bond acceptors (Lipinski definition) is 5. The quantitative estimate of drug-likeness (QED) is 0.395. The minimum Gasteiger partial charge on any atom is -0.496 e. The first-order valence-electron chi connectivity index (χ1n) is 10.2. The van der Waals surface area contributed by atoms with Gasteiger partial charge in [0.15, 0.2) is 0 Å². The highest BCUT2D eigenvalue weighted by Gasteiger charge is 2.17. The Morgan fingerprint density at radius 1 is 0.906 bits per heavy atom. The van der Waals surface area contributed by atoms with Crippen LogP contribution >= 0.6 is 11.3 Å². The summed E-state index contributed by atoms with van der Waals surface area (Å²) in [6.07, 6.45) is 0. The molecule has 162 valence electrons. The second-order valence-electron chi connectivity index (χ2n) is 7.32. The smallest absolute Gasteiger partial charge is 0.259 e. The fourth-order valence-electron chi connectivity index (χ4n) is 3.37. The van der Waals surface area contributed by atoms with Gasteiger partial charge in [-0.2, -0.15) is 0 Å². The Labute approximate surface area is 191 Å². The van der Waals surface area contributed by atoms with Crippen LogP contribution in [0.5, 0.6) is 11.5 Å². The van der Waals surface area contributed by atoms with Crippen LogP contribution in [-0.4, -0.2) is 25.1 Å². The van der Waals surface area contributed by atoms with Crippen LogP contribution in [0.2, 0.25) is 0 Å². The van der Waals surface area contributed by atoms with E-state index in [0.29, 0.717) is 23.6 Å². The zero-order chi connectivity index (χ0) is 22.5. The summed E-state index contributed by atoms with van der Waals surface area (Å²) in [5.41, 5.74) is 5.76. The van der Waals surface area contributed by atoms with Crippen molar-refractivity contribution in [3.05, 3.63) is 88.8 Å². The minimum absolute atomic E-state index is 0.244. The average molecular weight is 445 g/mol. The average Bonchev–Trinajstić information content (AvgIpc) is 3.33. The number of hydrogen-bond donors (Lipinski definition) is 1. The number of rotatable bonds is 7. The van der Waals surface area contributed by atoms with Gasteiger partial charge in [0.25, 0.3) is 5.91 Å². The molecule has 0 radical (unpaired) electrons.